The number of nitrogens with zero attached hydrogens (tertiary/aromatic N) is 5. The van der Waals surface area contributed by atoms with E-state index in [1.807, 2.05) is 18.2 Å². The summed E-state index contributed by atoms with van der Waals surface area (Å²) in [4.78, 5) is 48.9. The van der Waals surface area contributed by atoms with Gasteiger partial charge in [0.1, 0.15) is 23.7 Å². The largest absolute Gasteiger partial charge is 0.494 e. The van der Waals surface area contributed by atoms with Crippen LogP contribution in [0.4, 0.5) is 15.8 Å². The van der Waals surface area contributed by atoms with Crippen molar-refractivity contribution in [2.75, 3.05) is 62.2 Å². The lowest BCUT2D eigenvalue weighted by atomic mass is 9.89. The summed E-state index contributed by atoms with van der Waals surface area (Å²) in [6.07, 6.45) is 6.25. The van der Waals surface area contributed by atoms with Crippen molar-refractivity contribution in [2.24, 2.45) is 0 Å². The predicted octanol–water partition coefficient (Wildman–Crippen LogP) is 5.30. The predicted molar refractivity (Wildman–Crippen MR) is 199 cm³/mol. The molecule has 1 atom stereocenters. The van der Waals surface area contributed by atoms with Crippen molar-refractivity contribution in [1.29, 1.82) is 5.26 Å². The van der Waals surface area contributed by atoms with Gasteiger partial charge in [-0.1, -0.05) is 12.1 Å². The Labute approximate surface area is 308 Å². The highest BCUT2D eigenvalue weighted by Crippen LogP contribution is 2.36. The fourth-order valence-corrected chi connectivity index (χ4v) is 8.45. The van der Waals surface area contributed by atoms with Crippen LogP contribution in [-0.2, 0) is 16.1 Å². The van der Waals surface area contributed by atoms with E-state index in [-0.39, 0.29) is 30.0 Å². The van der Waals surface area contributed by atoms with E-state index in [2.05, 4.69) is 61.4 Å². The number of halogens is 1. The number of aromatic amines is 1. The Kier molecular flexibility index (Phi) is 9.75. The average molecular weight is 718 g/mol. The second-order valence-electron chi connectivity index (χ2n) is 14.6. The molecule has 3 aromatic carbocycles. The second kappa shape index (κ2) is 14.9. The van der Waals surface area contributed by atoms with Crippen molar-refractivity contribution in [3.8, 4) is 11.8 Å². The van der Waals surface area contributed by atoms with E-state index in [4.69, 9.17) is 4.74 Å². The Morgan fingerprint density at radius 2 is 1.68 bits per heavy atom. The summed E-state index contributed by atoms with van der Waals surface area (Å²) in [7, 11) is 0. The third kappa shape index (κ3) is 7.05. The fraction of sp³-hybridized carbons (Fsp3) is 0.415. The molecule has 8 rings (SSSR count). The first-order valence-corrected chi connectivity index (χ1v) is 18.8. The van der Waals surface area contributed by atoms with Gasteiger partial charge >= 0.3 is 0 Å². The Balaban J connectivity index is 0.741. The number of piperidine rings is 2. The molecule has 4 aliphatic heterocycles. The number of anilines is 2. The summed E-state index contributed by atoms with van der Waals surface area (Å²) in [5, 5.41) is 12.1. The number of hydrogen-bond donors (Lipinski definition) is 2. The van der Waals surface area contributed by atoms with Crippen molar-refractivity contribution >= 4 is 40.0 Å². The lowest BCUT2D eigenvalue weighted by molar-refractivity contribution is -0.136. The highest BCUT2D eigenvalue weighted by molar-refractivity contribution is 6.05. The van der Waals surface area contributed by atoms with E-state index in [1.165, 1.54) is 11.6 Å². The summed E-state index contributed by atoms with van der Waals surface area (Å²) >= 11 is 0. The zero-order chi connectivity index (χ0) is 36.5. The minimum atomic E-state index is -0.596. The number of unbranched alkanes of at least 4 members (excludes halogenated alkanes) is 1. The summed E-state index contributed by atoms with van der Waals surface area (Å²) < 4.78 is 20.5. The molecule has 11 nitrogen and oxygen atoms in total. The number of nitriles is 1. The standard InChI is InChI=1S/C41H44FN7O4/c42-34-9-10-35(39-38(34)30(24-43)25-44-39)48-16-13-28(14-17-48)27-3-6-32(7-4-27)53-22-2-1-15-46-18-20-47(21-19-46)31-5-8-33-29(23-31)26-49(41(33)52)36-11-12-37(50)45-40(36)51/h3-10,23,25,28,36,44H,1-2,11-22,26H2,(H,45,50,51). The molecule has 3 amide bonds. The van der Waals surface area contributed by atoms with Gasteiger partial charge in [0.25, 0.3) is 5.91 Å². The molecule has 12 heteroatoms. The third-order valence-corrected chi connectivity index (χ3v) is 11.5. The molecule has 5 heterocycles. The van der Waals surface area contributed by atoms with Crippen molar-refractivity contribution in [3.63, 3.8) is 0 Å². The minimum absolute atomic E-state index is 0.138. The van der Waals surface area contributed by atoms with Gasteiger partial charge in [0.2, 0.25) is 11.8 Å². The summed E-state index contributed by atoms with van der Waals surface area (Å²) in [6, 6.07) is 19.3. The Hall–Kier alpha value is -5.41. The fourth-order valence-electron chi connectivity index (χ4n) is 8.45. The van der Waals surface area contributed by atoms with Crippen molar-refractivity contribution in [2.45, 2.75) is 57.0 Å². The van der Waals surface area contributed by atoms with Crippen LogP contribution in [0.25, 0.3) is 10.9 Å². The molecule has 3 fully saturated rings. The molecule has 4 aromatic rings. The number of H-pyrrole nitrogens is 1. The number of hydrogen-bond acceptors (Lipinski definition) is 8. The molecule has 2 N–H and O–H groups in total. The average Bonchev–Trinajstić information content (AvgIpc) is 3.77. The van der Waals surface area contributed by atoms with Crippen LogP contribution in [0.15, 0.2) is 60.8 Å². The highest BCUT2D eigenvalue weighted by atomic mass is 19.1. The number of piperazine rings is 1. The molecular weight excluding hydrogens is 673 g/mol. The molecule has 274 valence electrons. The maximum atomic E-state index is 14.5. The monoisotopic (exact) mass is 717 g/mol. The molecule has 0 aliphatic carbocycles. The first kappa shape index (κ1) is 34.7. The number of ether oxygens (including phenoxy) is 1. The first-order valence-electron chi connectivity index (χ1n) is 18.8. The highest BCUT2D eigenvalue weighted by Gasteiger charge is 2.39. The molecule has 53 heavy (non-hydrogen) atoms. The molecule has 1 unspecified atom stereocenters. The van der Waals surface area contributed by atoms with Gasteiger partial charge in [-0.05, 0) is 98.2 Å². The molecule has 1 aromatic heterocycles. The van der Waals surface area contributed by atoms with E-state index in [9.17, 15) is 24.0 Å². The number of aromatic nitrogens is 1. The van der Waals surface area contributed by atoms with Gasteiger partial charge < -0.3 is 24.4 Å². The van der Waals surface area contributed by atoms with Crippen LogP contribution in [0, 0.1) is 17.1 Å². The zero-order valence-corrected chi connectivity index (χ0v) is 29.8. The molecule has 4 aliphatic rings. The Bertz CT molecular complexity index is 2060. The van der Waals surface area contributed by atoms with Crippen LogP contribution >= 0.6 is 0 Å². The number of fused-ring (bicyclic) bond motifs is 2. The molecule has 0 spiro atoms. The smallest absolute Gasteiger partial charge is 0.255 e. The van der Waals surface area contributed by atoms with Crippen LogP contribution in [-0.4, -0.2) is 91.0 Å². The number of carbonyl (C=O) groups excluding carboxylic acids is 3. The Morgan fingerprint density at radius 1 is 0.887 bits per heavy atom. The summed E-state index contributed by atoms with van der Waals surface area (Å²) in [5.41, 5.74) is 5.98. The topological polar surface area (TPSA) is 125 Å². The van der Waals surface area contributed by atoms with E-state index < -0.39 is 6.04 Å². The maximum absolute atomic E-state index is 14.5. The third-order valence-electron chi connectivity index (χ3n) is 11.5. The van der Waals surface area contributed by atoms with Crippen molar-refractivity contribution < 1.29 is 23.5 Å². The first-order chi connectivity index (χ1) is 25.9. The Morgan fingerprint density at radius 3 is 2.43 bits per heavy atom. The summed E-state index contributed by atoms with van der Waals surface area (Å²) in [6.45, 7) is 7.61. The van der Waals surface area contributed by atoms with E-state index >= 15 is 0 Å². The number of carbonyl (C=O) groups is 3. The lowest BCUT2D eigenvalue weighted by Gasteiger charge is -2.36. The number of rotatable bonds is 10. The van der Waals surface area contributed by atoms with Gasteiger partial charge in [-0.2, -0.15) is 5.26 Å². The molecular formula is C41H44FN7O4. The van der Waals surface area contributed by atoms with Gasteiger partial charge in [0.05, 0.1) is 28.8 Å². The van der Waals surface area contributed by atoms with E-state index in [0.717, 1.165) is 94.2 Å². The SMILES string of the molecule is N#Cc1c[nH]c2c(N3CCC(c4ccc(OCCCCN5CCN(c6ccc7c(c6)CN(C6CCC(=O)NC6=O)C7=O)CC5)cc4)CC3)ccc(F)c12. The van der Waals surface area contributed by atoms with E-state index in [1.54, 1.807) is 11.1 Å². The van der Waals surface area contributed by atoms with Crippen molar-refractivity contribution in [3.05, 3.63) is 88.9 Å². The normalized spacial score (nSPS) is 19.8. The quantitative estimate of drug-likeness (QED) is 0.167. The summed E-state index contributed by atoms with van der Waals surface area (Å²) in [5.74, 6) is 0.180. The van der Waals surface area contributed by atoms with Crippen LogP contribution in [0.2, 0.25) is 0 Å². The number of imide groups is 1. The minimum Gasteiger partial charge on any atom is -0.494 e. The van der Waals surface area contributed by atoms with Gasteiger partial charge in [-0.25, -0.2) is 4.39 Å². The van der Waals surface area contributed by atoms with Crippen LogP contribution in [0.5, 0.6) is 5.75 Å². The molecule has 0 radical (unpaired) electrons. The van der Waals surface area contributed by atoms with Gasteiger partial charge in [-0.3, -0.25) is 24.6 Å². The van der Waals surface area contributed by atoms with Crippen molar-refractivity contribution in [1.82, 2.24) is 20.1 Å². The van der Waals surface area contributed by atoms with Crippen LogP contribution in [0.1, 0.15) is 71.5 Å². The number of benzene rings is 3. The van der Waals surface area contributed by atoms with E-state index in [0.29, 0.717) is 47.5 Å². The van der Waals surface area contributed by atoms with Gasteiger partial charge in [0, 0.05) is 69.7 Å². The molecule has 0 saturated carbocycles. The number of nitrogens with one attached hydrogen (secondary N) is 2. The second-order valence-corrected chi connectivity index (χ2v) is 14.6. The van der Waals surface area contributed by atoms with Gasteiger partial charge in [0.15, 0.2) is 0 Å². The lowest BCUT2D eigenvalue weighted by Crippen LogP contribution is -2.52. The van der Waals surface area contributed by atoms with Crippen LogP contribution < -0.4 is 19.9 Å². The zero-order valence-electron chi connectivity index (χ0n) is 29.8. The number of amides is 3. The molecule has 0 bridgehead atoms. The van der Waals surface area contributed by atoms with Gasteiger partial charge in [-0.15, -0.1) is 0 Å². The van der Waals surface area contributed by atoms with Crippen LogP contribution in [0.3, 0.4) is 0 Å². The molecule has 3 saturated heterocycles. The maximum Gasteiger partial charge on any atom is 0.255 e.